The molecule has 2 N–H and O–H groups in total. The van der Waals surface area contributed by atoms with Crippen LogP contribution in [0.25, 0.3) is 5.69 Å². The summed E-state index contributed by atoms with van der Waals surface area (Å²) in [5.41, 5.74) is 4.57. The fourth-order valence-electron chi connectivity index (χ4n) is 3.37. The zero-order chi connectivity index (χ0) is 26.6. The molecule has 1 amide bonds. The first-order chi connectivity index (χ1) is 17.7. The quantitative estimate of drug-likeness (QED) is 0.232. The van der Waals surface area contributed by atoms with E-state index >= 15 is 0 Å². The molecule has 4 rings (SSSR count). The Kier molecular flexibility index (Phi) is 7.82. The van der Waals surface area contributed by atoms with Crippen molar-refractivity contribution in [2.75, 3.05) is 11.8 Å². The summed E-state index contributed by atoms with van der Waals surface area (Å²) >= 11 is 12.4. The second kappa shape index (κ2) is 11.0. The van der Waals surface area contributed by atoms with Gasteiger partial charge in [-0.3, -0.25) is 9.52 Å². The second-order valence-electron chi connectivity index (χ2n) is 7.71. The van der Waals surface area contributed by atoms with Gasteiger partial charge in [-0.2, -0.15) is 10.2 Å². The number of hydrogen-bond donors (Lipinski definition) is 2. The van der Waals surface area contributed by atoms with Crippen LogP contribution in [0.15, 0.2) is 82.8 Å². The molecule has 0 saturated heterocycles. The van der Waals surface area contributed by atoms with E-state index in [4.69, 9.17) is 27.9 Å². The van der Waals surface area contributed by atoms with E-state index < -0.39 is 15.9 Å². The Morgan fingerprint density at radius 3 is 2.51 bits per heavy atom. The molecule has 0 radical (unpaired) electrons. The summed E-state index contributed by atoms with van der Waals surface area (Å²) in [5.74, 6) is -0.243. The van der Waals surface area contributed by atoms with E-state index in [1.54, 1.807) is 55.5 Å². The van der Waals surface area contributed by atoms with Crippen molar-refractivity contribution in [2.45, 2.75) is 11.8 Å². The Hall–Kier alpha value is -3.86. The molecule has 0 aliphatic carbocycles. The molecular weight excluding hydrogens is 537 g/mol. The van der Waals surface area contributed by atoms with Gasteiger partial charge in [-0.1, -0.05) is 41.4 Å². The van der Waals surface area contributed by atoms with Gasteiger partial charge in [0.15, 0.2) is 0 Å². The van der Waals surface area contributed by atoms with Crippen LogP contribution in [0, 0.1) is 6.92 Å². The summed E-state index contributed by atoms with van der Waals surface area (Å²) < 4.78 is 35.0. The molecule has 0 fully saturated rings. The number of aryl methyl sites for hydroxylation is 1. The Bertz CT molecular complexity index is 1590. The van der Waals surface area contributed by atoms with Crippen molar-refractivity contribution < 1.29 is 17.9 Å². The molecular formula is C25H21Cl2N5O4S. The number of nitrogens with one attached hydrogen (secondary N) is 2. The molecule has 0 saturated carbocycles. The number of hydrogen-bond acceptors (Lipinski definition) is 6. The molecule has 4 aromatic rings. The lowest BCUT2D eigenvalue weighted by Crippen LogP contribution is -2.19. The van der Waals surface area contributed by atoms with Crippen LogP contribution in [0.2, 0.25) is 10.2 Å². The molecule has 9 nitrogen and oxygen atoms in total. The van der Waals surface area contributed by atoms with Gasteiger partial charge in [-0.15, -0.1) is 0 Å². The van der Waals surface area contributed by atoms with Crippen molar-refractivity contribution >= 4 is 51.0 Å². The predicted molar refractivity (Wildman–Crippen MR) is 144 cm³/mol. The molecule has 37 heavy (non-hydrogen) atoms. The average molecular weight is 558 g/mol. The van der Waals surface area contributed by atoms with E-state index in [-0.39, 0.29) is 16.1 Å². The van der Waals surface area contributed by atoms with Gasteiger partial charge in [0.05, 0.1) is 40.9 Å². The van der Waals surface area contributed by atoms with E-state index in [1.807, 2.05) is 0 Å². The molecule has 12 heteroatoms. The lowest BCUT2D eigenvalue weighted by atomic mass is 10.2. The minimum atomic E-state index is -3.99. The normalized spacial score (nSPS) is 11.5. The minimum absolute atomic E-state index is 0.0970. The third kappa shape index (κ3) is 5.93. The van der Waals surface area contributed by atoms with Crippen LogP contribution >= 0.6 is 23.2 Å². The lowest BCUT2D eigenvalue weighted by molar-refractivity contribution is 0.0955. The van der Waals surface area contributed by atoms with Crippen molar-refractivity contribution in [1.82, 2.24) is 15.2 Å². The first kappa shape index (κ1) is 26.2. The van der Waals surface area contributed by atoms with Crippen LogP contribution in [0.3, 0.4) is 0 Å². The zero-order valence-electron chi connectivity index (χ0n) is 19.6. The Balaban J connectivity index is 1.49. The van der Waals surface area contributed by atoms with E-state index in [9.17, 15) is 13.2 Å². The summed E-state index contributed by atoms with van der Waals surface area (Å²) in [6.45, 7) is 1.75. The SMILES string of the molecule is COc1ccccc1NS(=O)(=O)c1cccc(C(=O)NN=Cc2c(C)nn(-c3ccc(Cl)cc3)c2Cl)c1. The maximum Gasteiger partial charge on any atom is 0.271 e. The van der Waals surface area contributed by atoms with Crippen molar-refractivity contribution in [1.29, 1.82) is 0 Å². The highest BCUT2D eigenvalue weighted by atomic mass is 35.5. The first-order valence-corrected chi connectivity index (χ1v) is 13.0. The van der Waals surface area contributed by atoms with Crippen molar-refractivity contribution in [2.24, 2.45) is 5.10 Å². The molecule has 0 bridgehead atoms. The van der Waals surface area contributed by atoms with Gasteiger partial charge in [0.2, 0.25) is 0 Å². The van der Waals surface area contributed by atoms with Crippen LogP contribution in [0.1, 0.15) is 21.6 Å². The lowest BCUT2D eigenvalue weighted by Gasteiger charge is -2.12. The molecule has 0 spiro atoms. The Morgan fingerprint density at radius 2 is 1.78 bits per heavy atom. The minimum Gasteiger partial charge on any atom is -0.495 e. The number of benzene rings is 3. The number of carbonyl (C=O) groups excluding carboxylic acids is 1. The van der Waals surface area contributed by atoms with Crippen LogP contribution in [-0.2, 0) is 10.0 Å². The summed E-state index contributed by atoms with van der Waals surface area (Å²) in [4.78, 5) is 12.6. The Labute approximate surface area is 223 Å². The largest absolute Gasteiger partial charge is 0.495 e. The number of hydrazone groups is 1. The van der Waals surface area contributed by atoms with Crippen LogP contribution in [0.4, 0.5) is 5.69 Å². The summed E-state index contributed by atoms with van der Waals surface area (Å²) in [5, 5.41) is 9.27. The Morgan fingerprint density at radius 1 is 1.05 bits per heavy atom. The number of para-hydroxylation sites is 2. The standard InChI is InChI=1S/C25H21Cl2N5O4S/c1-16-21(24(27)32(30-16)19-12-10-18(26)11-13-19)15-28-29-25(33)17-6-5-7-20(14-17)37(34,35)31-22-8-3-4-9-23(22)36-2/h3-15,31H,1-2H3,(H,29,33). The highest BCUT2D eigenvalue weighted by Crippen LogP contribution is 2.26. The van der Waals surface area contributed by atoms with Gasteiger partial charge in [0, 0.05) is 10.6 Å². The number of halogens is 2. The van der Waals surface area contributed by atoms with E-state index in [1.165, 1.54) is 42.3 Å². The van der Waals surface area contributed by atoms with Crippen LogP contribution in [-0.4, -0.2) is 37.4 Å². The second-order valence-corrected chi connectivity index (χ2v) is 10.2. The smallest absolute Gasteiger partial charge is 0.271 e. The molecule has 0 atom stereocenters. The zero-order valence-corrected chi connectivity index (χ0v) is 22.0. The summed E-state index contributed by atoms with van der Waals surface area (Å²) in [7, 11) is -2.55. The maximum atomic E-state index is 12.9. The number of amides is 1. The highest BCUT2D eigenvalue weighted by molar-refractivity contribution is 7.92. The van der Waals surface area contributed by atoms with E-state index in [0.717, 1.165) is 0 Å². The number of nitrogens with zero attached hydrogens (tertiary/aromatic N) is 3. The van der Waals surface area contributed by atoms with Crippen molar-refractivity contribution in [3.8, 4) is 11.4 Å². The van der Waals surface area contributed by atoms with Gasteiger partial charge in [0.25, 0.3) is 15.9 Å². The number of methoxy groups -OCH3 is 1. The topological polar surface area (TPSA) is 115 Å². The van der Waals surface area contributed by atoms with Gasteiger partial charge in [-0.05, 0) is 61.5 Å². The number of ether oxygens (including phenoxy) is 1. The molecule has 0 aliphatic heterocycles. The van der Waals surface area contributed by atoms with E-state index in [0.29, 0.717) is 32.9 Å². The van der Waals surface area contributed by atoms with Crippen LogP contribution < -0.4 is 14.9 Å². The number of aromatic nitrogens is 2. The van der Waals surface area contributed by atoms with Crippen LogP contribution in [0.5, 0.6) is 5.75 Å². The number of sulfonamides is 1. The van der Waals surface area contributed by atoms with Gasteiger partial charge in [0.1, 0.15) is 10.9 Å². The third-order valence-corrected chi connectivity index (χ3v) is 7.22. The molecule has 0 unspecified atom stereocenters. The monoisotopic (exact) mass is 557 g/mol. The van der Waals surface area contributed by atoms with Crippen molar-refractivity contribution in [3.05, 3.63) is 99.8 Å². The molecule has 190 valence electrons. The highest BCUT2D eigenvalue weighted by Gasteiger charge is 2.18. The molecule has 3 aromatic carbocycles. The maximum absolute atomic E-state index is 12.9. The first-order valence-electron chi connectivity index (χ1n) is 10.8. The number of rotatable bonds is 8. The fourth-order valence-corrected chi connectivity index (χ4v) is 4.93. The van der Waals surface area contributed by atoms with Gasteiger partial charge >= 0.3 is 0 Å². The summed E-state index contributed by atoms with van der Waals surface area (Å²) in [6.07, 6.45) is 1.37. The van der Waals surface area contributed by atoms with Crippen molar-refractivity contribution in [3.63, 3.8) is 0 Å². The van der Waals surface area contributed by atoms with E-state index in [2.05, 4.69) is 20.3 Å². The van der Waals surface area contributed by atoms with Gasteiger partial charge in [-0.25, -0.2) is 18.5 Å². The molecule has 1 aromatic heterocycles. The molecule has 1 heterocycles. The summed E-state index contributed by atoms with van der Waals surface area (Å²) in [6, 6.07) is 19.2. The number of anilines is 1. The average Bonchev–Trinajstić information content (AvgIpc) is 3.17. The number of carbonyl (C=O) groups is 1. The van der Waals surface area contributed by atoms with Gasteiger partial charge < -0.3 is 4.74 Å². The third-order valence-electron chi connectivity index (χ3n) is 5.24. The molecule has 0 aliphatic rings. The fraction of sp³-hybridized carbons (Fsp3) is 0.0800. The predicted octanol–water partition coefficient (Wildman–Crippen LogP) is 5.06.